The lowest BCUT2D eigenvalue weighted by atomic mass is 10.0. The first-order valence-electron chi connectivity index (χ1n) is 7.01. The predicted molar refractivity (Wildman–Crippen MR) is 78.1 cm³/mol. The van der Waals surface area contributed by atoms with E-state index in [4.69, 9.17) is 5.73 Å². The molecule has 1 aliphatic heterocycles. The fourth-order valence-corrected chi connectivity index (χ4v) is 2.71. The average Bonchev–Trinajstić information content (AvgIpc) is 2.83. The van der Waals surface area contributed by atoms with E-state index in [1.807, 2.05) is 24.3 Å². The Balaban J connectivity index is 1.95. The number of primary amides is 1. The van der Waals surface area contributed by atoms with Gasteiger partial charge < -0.3 is 16.4 Å². The quantitative estimate of drug-likeness (QED) is 0.729. The smallest absolute Gasteiger partial charge is 0.221 e. The number of anilines is 1. The van der Waals surface area contributed by atoms with E-state index in [1.165, 1.54) is 12.8 Å². The van der Waals surface area contributed by atoms with Crippen LogP contribution in [0.1, 0.15) is 31.7 Å². The Morgan fingerprint density at radius 1 is 1.53 bits per heavy atom. The highest BCUT2D eigenvalue weighted by atomic mass is 16.1. The molecule has 1 heterocycles. The fourth-order valence-electron chi connectivity index (χ4n) is 2.71. The number of hydrogen-bond acceptors (Lipinski definition) is 3. The van der Waals surface area contributed by atoms with Gasteiger partial charge in [-0.25, -0.2) is 0 Å². The molecule has 4 heteroatoms. The van der Waals surface area contributed by atoms with Gasteiger partial charge in [0.15, 0.2) is 0 Å². The van der Waals surface area contributed by atoms with Crippen LogP contribution in [0.4, 0.5) is 5.69 Å². The maximum atomic E-state index is 11.1. The van der Waals surface area contributed by atoms with Crippen molar-refractivity contribution in [3.63, 3.8) is 0 Å². The Morgan fingerprint density at radius 2 is 2.32 bits per heavy atom. The first kappa shape index (κ1) is 13.9. The summed E-state index contributed by atoms with van der Waals surface area (Å²) in [6.45, 7) is 3.32. The number of benzene rings is 1. The van der Waals surface area contributed by atoms with Crippen LogP contribution in [-0.2, 0) is 11.2 Å². The third-order valence-corrected chi connectivity index (χ3v) is 3.58. The van der Waals surface area contributed by atoms with Gasteiger partial charge in [0.05, 0.1) is 6.42 Å². The van der Waals surface area contributed by atoms with Crippen molar-refractivity contribution in [2.24, 2.45) is 5.73 Å². The van der Waals surface area contributed by atoms with Crippen LogP contribution in [0.5, 0.6) is 0 Å². The molecule has 1 aliphatic rings. The lowest BCUT2D eigenvalue weighted by Crippen LogP contribution is -2.29. The minimum Gasteiger partial charge on any atom is -0.382 e. The van der Waals surface area contributed by atoms with E-state index in [9.17, 15) is 4.79 Å². The molecule has 1 aromatic carbocycles. The van der Waals surface area contributed by atoms with Gasteiger partial charge in [0.1, 0.15) is 0 Å². The number of carbonyl (C=O) groups excluding carboxylic acids is 1. The maximum Gasteiger partial charge on any atom is 0.221 e. The SMILES string of the molecule is CC(CC1CCCN1)Nc1ccccc1CC(N)=O. The largest absolute Gasteiger partial charge is 0.382 e. The van der Waals surface area contributed by atoms with Gasteiger partial charge in [-0.1, -0.05) is 18.2 Å². The van der Waals surface area contributed by atoms with Crippen LogP contribution in [0.2, 0.25) is 0 Å². The molecule has 0 spiro atoms. The minimum atomic E-state index is -0.292. The molecule has 1 amide bonds. The van der Waals surface area contributed by atoms with Gasteiger partial charge in [0.25, 0.3) is 0 Å². The third-order valence-electron chi connectivity index (χ3n) is 3.58. The summed E-state index contributed by atoms with van der Waals surface area (Å²) in [6, 6.07) is 8.88. The predicted octanol–water partition coefficient (Wildman–Crippen LogP) is 1.66. The molecule has 19 heavy (non-hydrogen) atoms. The Hall–Kier alpha value is -1.55. The van der Waals surface area contributed by atoms with E-state index >= 15 is 0 Å². The third kappa shape index (κ3) is 4.24. The molecular formula is C15H23N3O. The number of nitrogens with two attached hydrogens (primary N) is 1. The van der Waals surface area contributed by atoms with Gasteiger partial charge in [-0.05, 0) is 44.4 Å². The summed E-state index contributed by atoms with van der Waals surface area (Å²) >= 11 is 0. The molecule has 0 aromatic heterocycles. The number of carbonyl (C=O) groups is 1. The number of amides is 1. The van der Waals surface area contributed by atoms with Crippen LogP contribution >= 0.6 is 0 Å². The Morgan fingerprint density at radius 3 is 3.00 bits per heavy atom. The van der Waals surface area contributed by atoms with Gasteiger partial charge in [0, 0.05) is 17.8 Å². The molecule has 104 valence electrons. The standard InChI is InChI=1S/C15H23N3O/c1-11(9-13-6-4-8-17-13)18-14-7-3-2-5-12(14)10-15(16)19/h2-3,5,7,11,13,17-18H,4,6,8-10H2,1H3,(H2,16,19). The van der Waals surface area contributed by atoms with Crippen molar-refractivity contribution in [2.75, 3.05) is 11.9 Å². The van der Waals surface area contributed by atoms with Crippen molar-refractivity contribution in [2.45, 2.75) is 44.7 Å². The second kappa shape index (κ2) is 6.57. The summed E-state index contributed by atoms with van der Waals surface area (Å²) in [6.07, 6.45) is 3.92. The van der Waals surface area contributed by atoms with E-state index in [0.717, 1.165) is 24.2 Å². The highest BCUT2D eigenvalue weighted by molar-refractivity contribution is 5.78. The zero-order chi connectivity index (χ0) is 13.7. The number of para-hydroxylation sites is 1. The normalized spacial score (nSPS) is 20.2. The maximum absolute atomic E-state index is 11.1. The van der Waals surface area contributed by atoms with Gasteiger partial charge in [0.2, 0.25) is 5.91 Å². The number of hydrogen-bond donors (Lipinski definition) is 3. The van der Waals surface area contributed by atoms with Crippen LogP contribution in [0.3, 0.4) is 0 Å². The average molecular weight is 261 g/mol. The summed E-state index contributed by atoms with van der Waals surface area (Å²) in [5, 5.41) is 7.00. The highest BCUT2D eigenvalue weighted by Gasteiger charge is 2.17. The monoisotopic (exact) mass is 261 g/mol. The Kier molecular flexibility index (Phi) is 4.80. The molecule has 4 nitrogen and oxygen atoms in total. The number of rotatable bonds is 6. The minimum absolute atomic E-state index is 0.289. The van der Waals surface area contributed by atoms with E-state index in [1.54, 1.807) is 0 Å². The molecule has 2 unspecified atom stereocenters. The fraction of sp³-hybridized carbons (Fsp3) is 0.533. The van der Waals surface area contributed by atoms with E-state index in [-0.39, 0.29) is 12.3 Å². The molecule has 1 saturated heterocycles. The van der Waals surface area contributed by atoms with Crippen molar-refractivity contribution in [3.05, 3.63) is 29.8 Å². The topological polar surface area (TPSA) is 67.2 Å². The molecule has 2 atom stereocenters. The molecule has 2 rings (SSSR count). The molecule has 0 bridgehead atoms. The van der Waals surface area contributed by atoms with Crippen molar-refractivity contribution >= 4 is 11.6 Å². The van der Waals surface area contributed by atoms with Crippen LogP contribution < -0.4 is 16.4 Å². The van der Waals surface area contributed by atoms with Crippen LogP contribution in [-0.4, -0.2) is 24.5 Å². The lowest BCUT2D eigenvalue weighted by molar-refractivity contribution is -0.117. The number of nitrogens with one attached hydrogen (secondary N) is 2. The van der Waals surface area contributed by atoms with Crippen LogP contribution in [0, 0.1) is 0 Å². The summed E-state index contributed by atoms with van der Waals surface area (Å²) in [4.78, 5) is 11.1. The Bertz CT molecular complexity index is 427. The van der Waals surface area contributed by atoms with Crippen LogP contribution in [0.25, 0.3) is 0 Å². The molecule has 1 aromatic rings. The molecular weight excluding hydrogens is 238 g/mol. The Labute approximate surface area is 114 Å². The summed E-state index contributed by atoms with van der Waals surface area (Å²) in [7, 11) is 0. The molecule has 0 saturated carbocycles. The van der Waals surface area contributed by atoms with Crippen LogP contribution in [0.15, 0.2) is 24.3 Å². The van der Waals surface area contributed by atoms with E-state index < -0.39 is 0 Å². The summed E-state index contributed by atoms with van der Waals surface area (Å²) in [5.74, 6) is -0.292. The lowest BCUT2D eigenvalue weighted by Gasteiger charge is -2.21. The molecule has 0 radical (unpaired) electrons. The second-order valence-electron chi connectivity index (χ2n) is 5.37. The molecule has 0 aliphatic carbocycles. The van der Waals surface area contributed by atoms with Crippen molar-refractivity contribution in [3.8, 4) is 0 Å². The first-order valence-corrected chi connectivity index (χ1v) is 7.01. The second-order valence-corrected chi connectivity index (χ2v) is 5.37. The zero-order valence-electron chi connectivity index (χ0n) is 11.5. The van der Waals surface area contributed by atoms with Crippen molar-refractivity contribution in [1.82, 2.24) is 5.32 Å². The summed E-state index contributed by atoms with van der Waals surface area (Å²) < 4.78 is 0. The van der Waals surface area contributed by atoms with E-state index in [0.29, 0.717) is 12.1 Å². The summed E-state index contributed by atoms with van der Waals surface area (Å²) in [5.41, 5.74) is 7.27. The highest BCUT2D eigenvalue weighted by Crippen LogP contribution is 2.19. The van der Waals surface area contributed by atoms with Gasteiger partial charge >= 0.3 is 0 Å². The van der Waals surface area contributed by atoms with E-state index in [2.05, 4.69) is 17.6 Å². The van der Waals surface area contributed by atoms with Crippen molar-refractivity contribution in [1.29, 1.82) is 0 Å². The molecule has 1 fully saturated rings. The van der Waals surface area contributed by atoms with Crippen molar-refractivity contribution < 1.29 is 4.79 Å². The van der Waals surface area contributed by atoms with Gasteiger partial charge in [-0.3, -0.25) is 4.79 Å². The van der Waals surface area contributed by atoms with Gasteiger partial charge in [-0.15, -0.1) is 0 Å². The zero-order valence-corrected chi connectivity index (χ0v) is 11.5. The molecule has 4 N–H and O–H groups in total. The van der Waals surface area contributed by atoms with Gasteiger partial charge in [-0.2, -0.15) is 0 Å². The first-order chi connectivity index (χ1) is 9.15.